The second kappa shape index (κ2) is 8.51. The number of aromatic nitrogens is 2. The van der Waals surface area contributed by atoms with Crippen LogP contribution in [0.2, 0.25) is 0 Å². The minimum Gasteiger partial charge on any atom is -0.397 e. The average Bonchev–Trinajstić information content (AvgIpc) is 2.80. The molecule has 3 heterocycles. The Morgan fingerprint density at radius 2 is 2.03 bits per heavy atom. The Morgan fingerprint density at radius 3 is 2.94 bits per heavy atom. The van der Waals surface area contributed by atoms with Crippen molar-refractivity contribution in [2.45, 2.75) is 31.7 Å². The Morgan fingerprint density at radius 1 is 1.12 bits per heavy atom. The van der Waals surface area contributed by atoms with Crippen molar-refractivity contribution in [2.24, 2.45) is 0 Å². The van der Waals surface area contributed by atoms with E-state index in [0.29, 0.717) is 29.9 Å². The van der Waals surface area contributed by atoms with Crippen LogP contribution in [0.15, 0.2) is 54.9 Å². The van der Waals surface area contributed by atoms with Crippen LogP contribution >= 0.6 is 0 Å². The lowest BCUT2D eigenvalue weighted by molar-refractivity contribution is 0.102. The molecule has 5 rings (SSSR count). The quantitative estimate of drug-likeness (QED) is 0.498. The van der Waals surface area contributed by atoms with E-state index in [9.17, 15) is 9.18 Å². The van der Waals surface area contributed by atoms with Gasteiger partial charge in [-0.3, -0.25) is 9.78 Å². The van der Waals surface area contributed by atoms with E-state index in [4.69, 9.17) is 5.73 Å². The predicted octanol–water partition coefficient (Wildman–Crippen LogP) is 4.20. The molecule has 0 radical (unpaired) electrons. The molecule has 1 atom stereocenters. The van der Waals surface area contributed by atoms with Gasteiger partial charge in [-0.25, -0.2) is 9.37 Å². The summed E-state index contributed by atoms with van der Waals surface area (Å²) in [6.45, 7) is 0.702. The van der Waals surface area contributed by atoms with Crippen molar-refractivity contribution in [1.29, 1.82) is 0 Å². The number of benzene rings is 1. The van der Waals surface area contributed by atoms with Crippen molar-refractivity contribution in [3.8, 4) is 11.3 Å². The van der Waals surface area contributed by atoms with Crippen molar-refractivity contribution in [1.82, 2.24) is 15.3 Å². The Bertz CT molecular complexity index is 1220. The molecule has 0 saturated heterocycles. The highest BCUT2D eigenvalue weighted by Crippen LogP contribution is 2.33. The molecule has 0 fully saturated rings. The van der Waals surface area contributed by atoms with Crippen LogP contribution in [0.4, 0.5) is 15.8 Å². The van der Waals surface area contributed by atoms with Crippen LogP contribution in [0.3, 0.4) is 0 Å². The molecule has 0 saturated carbocycles. The van der Waals surface area contributed by atoms with Crippen molar-refractivity contribution < 1.29 is 9.18 Å². The number of allylic oxidation sites excluding steroid dienone is 1. The monoisotopic (exact) mass is 429 g/mol. The van der Waals surface area contributed by atoms with Crippen LogP contribution < -0.4 is 16.4 Å². The highest BCUT2D eigenvalue weighted by Gasteiger charge is 2.21. The maximum atomic E-state index is 14.9. The Balaban J connectivity index is 1.66. The third kappa shape index (κ3) is 3.87. The molecular weight excluding hydrogens is 405 g/mol. The second-order valence-electron chi connectivity index (χ2n) is 8.18. The molecule has 2 aliphatic rings. The van der Waals surface area contributed by atoms with Gasteiger partial charge in [0.15, 0.2) is 5.69 Å². The van der Waals surface area contributed by atoms with E-state index in [2.05, 4.69) is 26.7 Å². The van der Waals surface area contributed by atoms with Gasteiger partial charge in [0.05, 0.1) is 23.3 Å². The van der Waals surface area contributed by atoms with Gasteiger partial charge in [-0.15, -0.1) is 0 Å². The minimum atomic E-state index is -0.447. The summed E-state index contributed by atoms with van der Waals surface area (Å²) < 4.78 is 14.9. The van der Waals surface area contributed by atoms with Crippen LogP contribution in [0.25, 0.3) is 16.8 Å². The maximum absolute atomic E-state index is 14.9. The number of fused-ring (bicyclic) bond motifs is 7. The van der Waals surface area contributed by atoms with Crippen molar-refractivity contribution in [3.63, 3.8) is 0 Å². The molecule has 1 unspecified atom stereocenters. The number of amides is 1. The fourth-order valence-electron chi connectivity index (χ4n) is 4.51. The number of anilines is 2. The molecule has 0 spiro atoms. The Kier molecular flexibility index (Phi) is 5.41. The first-order chi connectivity index (χ1) is 15.6. The number of carbonyl (C=O) groups is 1. The van der Waals surface area contributed by atoms with Gasteiger partial charge < -0.3 is 16.4 Å². The van der Waals surface area contributed by atoms with Gasteiger partial charge in [-0.2, -0.15) is 0 Å². The zero-order chi connectivity index (χ0) is 22.1. The normalized spacial score (nSPS) is 18.3. The summed E-state index contributed by atoms with van der Waals surface area (Å²) in [4.78, 5) is 21.8. The predicted molar refractivity (Wildman–Crippen MR) is 124 cm³/mol. The number of hydrogen-bond donors (Lipinski definition) is 3. The number of nitrogens with zero attached hydrogens (tertiary/aromatic N) is 2. The van der Waals surface area contributed by atoms with Gasteiger partial charge in [0, 0.05) is 23.4 Å². The molecule has 1 aromatic carbocycles. The van der Waals surface area contributed by atoms with Gasteiger partial charge in [-0.05, 0) is 67.6 Å². The van der Waals surface area contributed by atoms with E-state index in [1.54, 1.807) is 30.6 Å². The first-order valence-corrected chi connectivity index (χ1v) is 10.8. The van der Waals surface area contributed by atoms with Gasteiger partial charge in [0.1, 0.15) is 5.82 Å². The zero-order valence-electron chi connectivity index (χ0n) is 17.6. The van der Waals surface area contributed by atoms with Crippen LogP contribution in [-0.4, -0.2) is 28.5 Å². The molecule has 162 valence electrons. The summed E-state index contributed by atoms with van der Waals surface area (Å²) in [6, 6.07) is 10.4. The van der Waals surface area contributed by atoms with Gasteiger partial charge >= 0.3 is 0 Å². The number of carbonyl (C=O) groups excluding carboxylic acids is 1. The van der Waals surface area contributed by atoms with E-state index in [0.717, 1.165) is 30.4 Å². The van der Waals surface area contributed by atoms with E-state index in [1.165, 1.54) is 11.6 Å². The highest BCUT2D eigenvalue weighted by atomic mass is 19.1. The number of rotatable bonds is 0. The Hall–Kier alpha value is -3.58. The average molecular weight is 429 g/mol. The number of halogens is 1. The fourth-order valence-corrected chi connectivity index (χ4v) is 4.51. The molecule has 4 N–H and O–H groups in total. The van der Waals surface area contributed by atoms with Crippen LogP contribution in [0.1, 0.15) is 40.9 Å². The summed E-state index contributed by atoms with van der Waals surface area (Å²) >= 11 is 0. The number of nitrogens with two attached hydrogens (primary N) is 1. The molecule has 2 aromatic heterocycles. The van der Waals surface area contributed by atoms with Crippen LogP contribution in [-0.2, 0) is 6.42 Å². The topological polar surface area (TPSA) is 92.9 Å². The molecule has 3 aromatic rings. The molecule has 4 bridgehead atoms. The van der Waals surface area contributed by atoms with Crippen LogP contribution in [0, 0.1) is 5.82 Å². The number of hydrogen-bond acceptors (Lipinski definition) is 5. The lowest BCUT2D eigenvalue weighted by atomic mass is 9.90. The third-order valence-corrected chi connectivity index (χ3v) is 6.08. The lowest BCUT2D eigenvalue weighted by Gasteiger charge is -2.24. The standard InChI is InChI=1S/C25H24FN5O/c26-19-6-2-3-15-9-12-29-17-5-1-4-16(13-17)18-10-11-28-14-22(18)31-25(32)24-20(27)7-8-21(30-24)23(15)19/h2-3,6-8,10-11,13-14,17,29H,1,4-5,9,12,27H2,(H,31,32). The zero-order valence-corrected chi connectivity index (χ0v) is 17.6. The molecule has 32 heavy (non-hydrogen) atoms. The Labute approximate surface area is 185 Å². The van der Waals surface area contributed by atoms with Gasteiger partial charge in [0.2, 0.25) is 0 Å². The van der Waals surface area contributed by atoms with Crippen molar-refractivity contribution in [2.75, 3.05) is 17.6 Å². The van der Waals surface area contributed by atoms with Crippen molar-refractivity contribution in [3.05, 3.63) is 77.5 Å². The summed E-state index contributed by atoms with van der Waals surface area (Å²) in [5.74, 6) is -0.817. The first kappa shape index (κ1) is 20.3. The third-order valence-electron chi connectivity index (χ3n) is 6.08. The van der Waals surface area contributed by atoms with Gasteiger partial charge in [0.25, 0.3) is 5.91 Å². The van der Waals surface area contributed by atoms with E-state index in [-0.39, 0.29) is 23.2 Å². The summed E-state index contributed by atoms with van der Waals surface area (Å²) in [5.41, 5.74) is 10.7. The minimum absolute atomic E-state index is 0.0648. The number of pyridine rings is 2. The smallest absolute Gasteiger partial charge is 0.276 e. The summed E-state index contributed by atoms with van der Waals surface area (Å²) in [6.07, 6.45) is 9.23. The van der Waals surface area contributed by atoms with Crippen molar-refractivity contribution >= 4 is 22.9 Å². The molecular formula is C25H24FN5O. The summed E-state index contributed by atoms with van der Waals surface area (Å²) in [7, 11) is 0. The molecule has 1 aliphatic heterocycles. The SMILES string of the molecule is Nc1ccc2nc1C(=O)Nc1cnccc1C1=CC(CCC1)NCCc1cccc(F)c1-2. The number of nitrogens with one attached hydrogen (secondary N) is 2. The van der Waals surface area contributed by atoms with Gasteiger partial charge in [-0.1, -0.05) is 18.2 Å². The maximum Gasteiger partial charge on any atom is 0.276 e. The van der Waals surface area contributed by atoms with Crippen LogP contribution in [0.5, 0.6) is 0 Å². The second-order valence-corrected chi connectivity index (χ2v) is 8.18. The lowest BCUT2D eigenvalue weighted by Crippen LogP contribution is -2.31. The largest absolute Gasteiger partial charge is 0.397 e. The van der Waals surface area contributed by atoms with E-state index >= 15 is 0 Å². The summed E-state index contributed by atoms with van der Waals surface area (Å²) in [5, 5.41) is 6.52. The molecule has 6 nitrogen and oxygen atoms in total. The number of nitrogen functional groups attached to an aromatic ring is 1. The molecule has 1 aliphatic carbocycles. The molecule has 1 amide bonds. The fraction of sp³-hybridized carbons (Fsp3) is 0.240. The van der Waals surface area contributed by atoms with E-state index < -0.39 is 5.91 Å². The van der Waals surface area contributed by atoms with E-state index in [1.807, 2.05) is 12.1 Å². The first-order valence-electron chi connectivity index (χ1n) is 10.8. The highest BCUT2D eigenvalue weighted by molar-refractivity contribution is 6.07. The molecule has 7 heteroatoms.